The fourth-order valence-electron chi connectivity index (χ4n) is 2.12. The van der Waals surface area contributed by atoms with Gasteiger partial charge in [0.25, 0.3) is 0 Å². The molecule has 20 heavy (non-hydrogen) atoms. The third-order valence-corrected chi connectivity index (χ3v) is 4.59. The molecule has 1 saturated heterocycles. The zero-order valence-electron chi connectivity index (χ0n) is 11.4. The first-order valence-electron chi connectivity index (χ1n) is 6.43. The SMILES string of the molecule is Cc1cc(NC(=O)N2CC(C(C)C(=O)O)C2)ccc1Br. The summed E-state index contributed by atoms with van der Waals surface area (Å²) in [6, 6.07) is 5.42. The molecular formula is C14H17BrN2O3. The molecule has 1 aliphatic rings. The number of aryl methyl sites for hydroxylation is 1. The zero-order chi connectivity index (χ0) is 14.9. The standard InChI is InChI=1S/C14H17BrN2O3/c1-8-5-11(3-4-12(8)15)16-14(20)17-6-10(7-17)9(2)13(18)19/h3-5,9-10H,6-7H2,1-2H3,(H,16,20)(H,18,19). The molecular weight excluding hydrogens is 324 g/mol. The van der Waals surface area contributed by atoms with E-state index in [1.807, 2.05) is 25.1 Å². The van der Waals surface area contributed by atoms with Crippen molar-refractivity contribution in [2.75, 3.05) is 18.4 Å². The smallest absolute Gasteiger partial charge is 0.321 e. The molecule has 1 atom stereocenters. The average molecular weight is 341 g/mol. The highest BCUT2D eigenvalue weighted by Gasteiger charge is 2.37. The Hall–Kier alpha value is -1.56. The lowest BCUT2D eigenvalue weighted by atomic mass is 9.87. The first-order valence-corrected chi connectivity index (χ1v) is 7.22. The molecule has 5 nitrogen and oxygen atoms in total. The maximum atomic E-state index is 12.0. The molecule has 2 amide bonds. The zero-order valence-corrected chi connectivity index (χ0v) is 13.0. The third kappa shape index (κ3) is 3.12. The summed E-state index contributed by atoms with van der Waals surface area (Å²) in [5.74, 6) is -1.17. The van der Waals surface area contributed by atoms with Crippen molar-refractivity contribution in [1.29, 1.82) is 0 Å². The van der Waals surface area contributed by atoms with Crippen LogP contribution in [0.4, 0.5) is 10.5 Å². The Morgan fingerprint density at radius 2 is 2.10 bits per heavy atom. The van der Waals surface area contributed by atoms with Gasteiger partial charge in [-0.1, -0.05) is 22.9 Å². The Labute approximate surface area is 126 Å². The van der Waals surface area contributed by atoms with E-state index < -0.39 is 11.9 Å². The monoisotopic (exact) mass is 340 g/mol. The molecule has 1 fully saturated rings. The van der Waals surface area contributed by atoms with E-state index in [-0.39, 0.29) is 11.9 Å². The number of amides is 2. The molecule has 0 aromatic heterocycles. The molecule has 0 aliphatic carbocycles. The molecule has 2 rings (SSSR count). The number of carbonyl (C=O) groups excluding carboxylic acids is 1. The van der Waals surface area contributed by atoms with Crippen molar-refractivity contribution in [3.63, 3.8) is 0 Å². The Balaban J connectivity index is 1.88. The normalized spacial score (nSPS) is 16.4. The number of hydrogen-bond acceptors (Lipinski definition) is 2. The second-order valence-electron chi connectivity index (χ2n) is 5.19. The average Bonchev–Trinajstić information content (AvgIpc) is 2.31. The highest BCUT2D eigenvalue weighted by Crippen LogP contribution is 2.25. The number of nitrogens with one attached hydrogen (secondary N) is 1. The summed E-state index contributed by atoms with van der Waals surface area (Å²) in [5.41, 5.74) is 1.79. The summed E-state index contributed by atoms with van der Waals surface area (Å²) in [7, 11) is 0. The van der Waals surface area contributed by atoms with Gasteiger partial charge in [0.15, 0.2) is 0 Å². The molecule has 1 aromatic carbocycles. The first-order chi connectivity index (χ1) is 9.38. The number of anilines is 1. The summed E-state index contributed by atoms with van der Waals surface area (Å²) in [4.78, 5) is 24.5. The summed E-state index contributed by atoms with van der Waals surface area (Å²) >= 11 is 3.41. The molecule has 6 heteroatoms. The second kappa shape index (κ2) is 5.83. The number of rotatable bonds is 3. The summed E-state index contributed by atoms with van der Waals surface area (Å²) in [6.07, 6.45) is 0. The lowest BCUT2D eigenvalue weighted by molar-refractivity contribution is -0.144. The van der Waals surface area contributed by atoms with Crippen LogP contribution in [0, 0.1) is 18.8 Å². The molecule has 0 radical (unpaired) electrons. The lowest BCUT2D eigenvalue weighted by Gasteiger charge is -2.41. The molecule has 0 saturated carbocycles. The van der Waals surface area contributed by atoms with Crippen molar-refractivity contribution >= 4 is 33.6 Å². The molecule has 1 heterocycles. The van der Waals surface area contributed by atoms with Crippen LogP contribution in [-0.2, 0) is 4.79 Å². The molecule has 2 N–H and O–H groups in total. The molecule has 0 spiro atoms. The summed E-state index contributed by atoms with van der Waals surface area (Å²) in [5, 5.41) is 11.7. The topological polar surface area (TPSA) is 69.6 Å². The summed E-state index contributed by atoms with van der Waals surface area (Å²) < 4.78 is 0.995. The number of carbonyl (C=O) groups is 2. The maximum Gasteiger partial charge on any atom is 0.321 e. The Morgan fingerprint density at radius 3 is 2.65 bits per heavy atom. The minimum absolute atomic E-state index is 0.0462. The van der Waals surface area contributed by atoms with Crippen LogP contribution in [0.1, 0.15) is 12.5 Å². The van der Waals surface area contributed by atoms with E-state index in [4.69, 9.17) is 5.11 Å². The van der Waals surface area contributed by atoms with E-state index >= 15 is 0 Å². The Bertz CT molecular complexity index is 541. The van der Waals surface area contributed by atoms with E-state index in [9.17, 15) is 9.59 Å². The largest absolute Gasteiger partial charge is 0.481 e. The van der Waals surface area contributed by atoms with Crippen LogP contribution >= 0.6 is 15.9 Å². The summed E-state index contributed by atoms with van der Waals surface area (Å²) in [6.45, 7) is 4.62. The van der Waals surface area contributed by atoms with Crippen LogP contribution in [0.3, 0.4) is 0 Å². The van der Waals surface area contributed by atoms with Gasteiger partial charge in [-0.25, -0.2) is 4.79 Å². The number of aliphatic carboxylic acids is 1. The van der Waals surface area contributed by atoms with Gasteiger partial charge in [-0.15, -0.1) is 0 Å². The number of carboxylic acid groups (broad SMARTS) is 1. The van der Waals surface area contributed by atoms with Gasteiger partial charge in [-0.2, -0.15) is 0 Å². The Kier molecular flexibility index (Phi) is 4.32. The second-order valence-corrected chi connectivity index (χ2v) is 6.04. The predicted octanol–water partition coefficient (Wildman–Crippen LogP) is 2.94. The lowest BCUT2D eigenvalue weighted by Crippen LogP contribution is -2.54. The van der Waals surface area contributed by atoms with Crippen molar-refractivity contribution < 1.29 is 14.7 Å². The molecule has 1 aromatic rings. The van der Waals surface area contributed by atoms with E-state index in [0.29, 0.717) is 13.1 Å². The van der Waals surface area contributed by atoms with Gasteiger partial charge >= 0.3 is 12.0 Å². The van der Waals surface area contributed by atoms with Gasteiger partial charge in [-0.05, 0) is 30.7 Å². The van der Waals surface area contributed by atoms with Crippen molar-refractivity contribution in [2.45, 2.75) is 13.8 Å². The minimum Gasteiger partial charge on any atom is -0.481 e. The van der Waals surface area contributed by atoms with E-state index in [0.717, 1.165) is 15.7 Å². The van der Waals surface area contributed by atoms with Crippen LogP contribution in [0.2, 0.25) is 0 Å². The number of nitrogens with zero attached hydrogens (tertiary/aromatic N) is 1. The van der Waals surface area contributed by atoms with Gasteiger partial charge in [0.05, 0.1) is 5.92 Å². The number of halogens is 1. The van der Waals surface area contributed by atoms with Crippen LogP contribution in [0.5, 0.6) is 0 Å². The van der Waals surface area contributed by atoms with E-state index in [2.05, 4.69) is 21.2 Å². The molecule has 0 bridgehead atoms. The fourth-order valence-corrected chi connectivity index (χ4v) is 2.37. The van der Waals surface area contributed by atoms with Gasteiger partial charge < -0.3 is 15.3 Å². The van der Waals surface area contributed by atoms with Gasteiger partial charge in [0.2, 0.25) is 0 Å². The van der Waals surface area contributed by atoms with Crippen molar-refractivity contribution in [1.82, 2.24) is 4.90 Å². The van der Waals surface area contributed by atoms with Gasteiger partial charge in [0, 0.05) is 29.2 Å². The van der Waals surface area contributed by atoms with E-state index in [1.54, 1.807) is 11.8 Å². The highest BCUT2D eigenvalue weighted by molar-refractivity contribution is 9.10. The van der Waals surface area contributed by atoms with Gasteiger partial charge in [0.1, 0.15) is 0 Å². The van der Waals surface area contributed by atoms with Crippen LogP contribution in [-0.4, -0.2) is 35.1 Å². The van der Waals surface area contributed by atoms with Crippen molar-refractivity contribution in [3.05, 3.63) is 28.2 Å². The van der Waals surface area contributed by atoms with Crippen LogP contribution in [0.15, 0.2) is 22.7 Å². The number of likely N-dealkylation sites (tertiary alicyclic amines) is 1. The molecule has 1 aliphatic heterocycles. The molecule has 1 unspecified atom stereocenters. The van der Waals surface area contributed by atoms with Crippen LogP contribution in [0.25, 0.3) is 0 Å². The highest BCUT2D eigenvalue weighted by atomic mass is 79.9. The van der Waals surface area contributed by atoms with Crippen molar-refractivity contribution in [3.8, 4) is 0 Å². The van der Waals surface area contributed by atoms with Gasteiger partial charge in [-0.3, -0.25) is 4.79 Å². The fraction of sp³-hybridized carbons (Fsp3) is 0.429. The Morgan fingerprint density at radius 1 is 1.45 bits per heavy atom. The maximum absolute atomic E-state index is 12.0. The molecule has 108 valence electrons. The quantitative estimate of drug-likeness (QED) is 0.888. The number of carboxylic acids is 1. The minimum atomic E-state index is -0.807. The number of hydrogen-bond donors (Lipinski definition) is 2. The number of urea groups is 1. The van der Waals surface area contributed by atoms with Crippen LogP contribution < -0.4 is 5.32 Å². The van der Waals surface area contributed by atoms with Crippen molar-refractivity contribution in [2.24, 2.45) is 11.8 Å². The third-order valence-electron chi connectivity index (χ3n) is 3.70. The first kappa shape index (κ1) is 14.8. The van der Waals surface area contributed by atoms with E-state index in [1.165, 1.54) is 0 Å². The number of benzene rings is 1. The predicted molar refractivity (Wildman–Crippen MR) is 79.8 cm³/mol.